The van der Waals surface area contributed by atoms with E-state index in [9.17, 15) is 9.90 Å². The van der Waals surface area contributed by atoms with E-state index in [2.05, 4.69) is 5.32 Å². The Hall–Kier alpha value is -2.17. The Morgan fingerprint density at radius 2 is 1.95 bits per heavy atom. The molecule has 2 aromatic rings. The molecule has 4 nitrogen and oxygen atoms in total. The van der Waals surface area contributed by atoms with E-state index in [1.165, 1.54) is 7.11 Å². The van der Waals surface area contributed by atoms with Crippen molar-refractivity contribution in [3.05, 3.63) is 59.3 Å². The van der Waals surface area contributed by atoms with Crippen molar-refractivity contribution in [3.8, 4) is 0 Å². The van der Waals surface area contributed by atoms with Crippen LogP contribution < -0.4 is 5.32 Å². The lowest BCUT2D eigenvalue weighted by atomic mass is 9.82. The zero-order valence-electron chi connectivity index (χ0n) is 12.7. The van der Waals surface area contributed by atoms with Crippen LogP contribution in [0.3, 0.4) is 0 Å². The van der Waals surface area contributed by atoms with Crippen LogP contribution in [0.4, 0.5) is 0 Å². The Balaban J connectivity index is 2.18. The highest BCUT2D eigenvalue weighted by Crippen LogP contribution is 2.38. The number of rotatable bonds is 3. The van der Waals surface area contributed by atoms with Gasteiger partial charge in [0.05, 0.1) is 0 Å². The van der Waals surface area contributed by atoms with E-state index < -0.39 is 6.29 Å². The molecule has 2 atom stereocenters. The van der Waals surface area contributed by atoms with Gasteiger partial charge in [0.1, 0.15) is 0 Å². The summed E-state index contributed by atoms with van der Waals surface area (Å²) in [6, 6.07) is 14.1. The molecule has 4 heteroatoms. The second-order valence-electron chi connectivity index (χ2n) is 5.54. The Kier molecular flexibility index (Phi) is 3.96. The lowest BCUT2D eigenvalue weighted by molar-refractivity contribution is -0.121. The largest absolute Gasteiger partial charge is 0.364 e. The standard InChI is InChI=1S/C18H19NO3/c1-11-17(18(21)22-2)15(10-16(20)19-11)14-9-5-7-12-6-3-4-8-13(12)14/h3-9,15,18,21H,10H2,1-2H3,(H,19,20). The van der Waals surface area contributed by atoms with E-state index in [-0.39, 0.29) is 11.8 Å². The Morgan fingerprint density at radius 1 is 1.23 bits per heavy atom. The molecule has 22 heavy (non-hydrogen) atoms. The van der Waals surface area contributed by atoms with E-state index in [1.54, 1.807) is 6.92 Å². The third-order valence-corrected chi connectivity index (χ3v) is 4.21. The minimum atomic E-state index is -1.02. The first-order chi connectivity index (χ1) is 10.6. The number of aliphatic hydroxyl groups is 1. The van der Waals surface area contributed by atoms with Gasteiger partial charge in [-0.05, 0) is 23.3 Å². The smallest absolute Gasteiger partial charge is 0.225 e. The molecular weight excluding hydrogens is 278 g/mol. The number of methoxy groups -OCH3 is 1. The van der Waals surface area contributed by atoms with E-state index in [4.69, 9.17) is 4.74 Å². The highest BCUT2D eigenvalue weighted by Gasteiger charge is 2.32. The summed E-state index contributed by atoms with van der Waals surface area (Å²) in [4.78, 5) is 12.0. The number of allylic oxidation sites excluding steroid dienone is 1. The van der Waals surface area contributed by atoms with Gasteiger partial charge in [-0.1, -0.05) is 42.5 Å². The fourth-order valence-corrected chi connectivity index (χ4v) is 3.21. The van der Waals surface area contributed by atoms with Crippen LogP contribution in [-0.2, 0) is 9.53 Å². The molecule has 114 valence electrons. The molecule has 0 bridgehead atoms. The van der Waals surface area contributed by atoms with Crippen LogP contribution in [0.1, 0.15) is 24.8 Å². The van der Waals surface area contributed by atoms with Gasteiger partial charge in [0, 0.05) is 30.7 Å². The fourth-order valence-electron chi connectivity index (χ4n) is 3.21. The van der Waals surface area contributed by atoms with Crippen molar-refractivity contribution in [2.45, 2.75) is 25.6 Å². The maximum Gasteiger partial charge on any atom is 0.225 e. The molecule has 1 aliphatic heterocycles. The second kappa shape index (κ2) is 5.91. The Labute approximate surface area is 129 Å². The van der Waals surface area contributed by atoms with Crippen molar-refractivity contribution in [2.24, 2.45) is 0 Å². The summed E-state index contributed by atoms with van der Waals surface area (Å²) in [6.07, 6.45) is -0.717. The number of carbonyl (C=O) groups is 1. The number of benzene rings is 2. The van der Waals surface area contributed by atoms with Gasteiger partial charge in [-0.2, -0.15) is 0 Å². The van der Waals surface area contributed by atoms with Gasteiger partial charge >= 0.3 is 0 Å². The first-order valence-corrected chi connectivity index (χ1v) is 7.31. The van der Waals surface area contributed by atoms with E-state index in [1.807, 2.05) is 42.5 Å². The van der Waals surface area contributed by atoms with E-state index >= 15 is 0 Å². The van der Waals surface area contributed by atoms with Crippen molar-refractivity contribution in [1.82, 2.24) is 5.32 Å². The number of hydrogen-bond donors (Lipinski definition) is 2. The molecule has 0 saturated heterocycles. The molecule has 0 saturated carbocycles. The normalized spacial score (nSPS) is 20.1. The SMILES string of the molecule is COC(O)C1=C(C)NC(=O)CC1c1cccc2ccccc12. The van der Waals surface area contributed by atoms with Gasteiger partial charge in [0.25, 0.3) is 0 Å². The minimum absolute atomic E-state index is 0.0394. The molecule has 2 aromatic carbocycles. The minimum Gasteiger partial charge on any atom is -0.364 e. The maximum absolute atomic E-state index is 12.0. The molecule has 2 N–H and O–H groups in total. The van der Waals surface area contributed by atoms with Crippen LogP contribution in [0.25, 0.3) is 10.8 Å². The fraction of sp³-hybridized carbons (Fsp3) is 0.278. The molecule has 0 aliphatic carbocycles. The third-order valence-electron chi connectivity index (χ3n) is 4.21. The van der Waals surface area contributed by atoms with E-state index in [0.29, 0.717) is 12.1 Å². The number of hydrogen-bond acceptors (Lipinski definition) is 3. The highest BCUT2D eigenvalue weighted by molar-refractivity contribution is 5.88. The van der Waals surface area contributed by atoms with Crippen LogP contribution in [0.5, 0.6) is 0 Å². The van der Waals surface area contributed by atoms with Crippen molar-refractivity contribution in [2.75, 3.05) is 7.11 Å². The van der Waals surface area contributed by atoms with Gasteiger partial charge in [-0.15, -0.1) is 0 Å². The number of carbonyl (C=O) groups excluding carboxylic acids is 1. The highest BCUT2D eigenvalue weighted by atomic mass is 16.6. The lowest BCUT2D eigenvalue weighted by Gasteiger charge is -2.30. The van der Waals surface area contributed by atoms with Crippen LogP contribution in [0, 0.1) is 0 Å². The molecule has 1 amide bonds. The van der Waals surface area contributed by atoms with Crippen molar-refractivity contribution >= 4 is 16.7 Å². The number of nitrogens with one attached hydrogen (secondary N) is 1. The van der Waals surface area contributed by atoms with Crippen molar-refractivity contribution < 1.29 is 14.6 Å². The average molecular weight is 297 g/mol. The number of fused-ring (bicyclic) bond motifs is 1. The second-order valence-corrected chi connectivity index (χ2v) is 5.54. The Bertz CT molecular complexity index is 746. The molecule has 1 heterocycles. The summed E-state index contributed by atoms with van der Waals surface area (Å²) >= 11 is 0. The van der Waals surface area contributed by atoms with Gasteiger partial charge < -0.3 is 15.2 Å². The van der Waals surface area contributed by atoms with Crippen molar-refractivity contribution in [3.63, 3.8) is 0 Å². The molecule has 0 spiro atoms. The average Bonchev–Trinajstić information content (AvgIpc) is 2.53. The zero-order valence-corrected chi connectivity index (χ0v) is 12.7. The Morgan fingerprint density at radius 3 is 2.73 bits per heavy atom. The number of aliphatic hydroxyl groups excluding tert-OH is 1. The number of amides is 1. The van der Waals surface area contributed by atoms with Crippen molar-refractivity contribution in [1.29, 1.82) is 0 Å². The monoisotopic (exact) mass is 297 g/mol. The summed E-state index contributed by atoms with van der Waals surface area (Å²) < 4.78 is 5.11. The van der Waals surface area contributed by atoms with Crippen LogP contribution in [0.15, 0.2) is 53.7 Å². The molecule has 1 aliphatic rings. The predicted molar refractivity (Wildman–Crippen MR) is 85.2 cm³/mol. The zero-order chi connectivity index (χ0) is 15.7. The van der Waals surface area contributed by atoms with Crippen LogP contribution >= 0.6 is 0 Å². The summed E-state index contributed by atoms with van der Waals surface area (Å²) in [5, 5.41) is 15.2. The molecule has 0 radical (unpaired) electrons. The quantitative estimate of drug-likeness (QED) is 0.856. The molecule has 2 unspecified atom stereocenters. The molecule has 0 aromatic heterocycles. The van der Waals surface area contributed by atoms with Crippen LogP contribution in [-0.4, -0.2) is 24.4 Å². The predicted octanol–water partition coefficient (Wildman–Crippen LogP) is 2.68. The van der Waals surface area contributed by atoms with Gasteiger partial charge in [-0.3, -0.25) is 4.79 Å². The van der Waals surface area contributed by atoms with Crippen LogP contribution in [0.2, 0.25) is 0 Å². The van der Waals surface area contributed by atoms with E-state index in [0.717, 1.165) is 21.9 Å². The first-order valence-electron chi connectivity index (χ1n) is 7.31. The van der Waals surface area contributed by atoms with Gasteiger partial charge in [0.15, 0.2) is 6.29 Å². The number of ether oxygens (including phenoxy) is 1. The molecule has 3 rings (SSSR count). The van der Waals surface area contributed by atoms with Gasteiger partial charge in [-0.25, -0.2) is 0 Å². The lowest BCUT2D eigenvalue weighted by Crippen LogP contribution is -2.35. The summed E-state index contributed by atoms with van der Waals surface area (Å²) in [5.41, 5.74) is 2.43. The topological polar surface area (TPSA) is 58.6 Å². The first kappa shape index (κ1) is 14.8. The molecular formula is C18H19NO3. The summed E-state index contributed by atoms with van der Waals surface area (Å²) in [7, 11) is 1.46. The summed E-state index contributed by atoms with van der Waals surface area (Å²) in [5.74, 6) is -0.225. The summed E-state index contributed by atoms with van der Waals surface area (Å²) in [6.45, 7) is 1.80. The molecule has 0 fully saturated rings. The van der Waals surface area contributed by atoms with Gasteiger partial charge in [0.2, 0.25) is 5.91 Å². The maximum atomic E-state index is 12.0. The third kappa shape index (κ3) is 2.51.